The zero-order valence-electron chi connectivity index (χ0n) is 15.6. The second-order valence-corrected chi connectivity index (χ2v) is 6.48. The van der Waals surface area contributed by atoms with Crippen LogP contribution in [0.3, 0.4) is 0 Å². The van der Waals surface area contributed by atoms with E-state index in [-0.39, 0.29) is 16.5 Å². The lowest BCUT2D eigenvalue weighted by Gasteiger charge is -2.06. The van der Waals surface area contributed by atoms with Gasteiger partial charge in [-0.05, 0) is 24.3 Å². The van der Waals surface area contributed by atoms with E-state index in [0.29, 0.717) is 0 Å². The summed E-state index contributed by atoms with van der Waals surface area (Å²) in [6.07, 6.45) is -8.88. The fourth-order valence-electron chi connectivity index (χ4n) is 2.05. The lowest BCUT2D eigenvalue weighted by atomic mass is 10.1. The Labute approximate surface area is 180 Å². The Hall–Kier alpha value is -2.82. The Balaban J connectivity index is 0.000000311. The summed E-state index contributed by atoms with van der Waals surface area (Å²) in [7, 11) is 0. The fraction of sp³-hybridized carbons (Fsp3) is 0.200. The lowest BCUT2D eigenvalue weighted by molar-refractivity contribution is -0.138. The molecule has 0 aromatic heterocycles. The Morgan fingerprint density at radius 1 is 0.677 bits per heavy atom. The highest BCUT2D eigenvalue weighted by atomic mass is 79.9. The molecule has 0 unspecified atom stereocenters. The predicted molar refractivity (Wildman–Crippen MR) is 101 cm³/mol. The van der Waals surface area contributed by atoms with Crippen molar-refractivity contribution >= 4 is 39.1 Å². The number of ketones is 4. The highest BCUT2D eigenvalue weighted by molar-refractivity contribution is 9.09. The van der Waals surface area contributed by atoms with E-state index in [0.717, 1.165) is 55.5 Å². The van der Waals surface area contributed by atoms with Crippen molar-refractivity contribution in [3.05, 3.63) is 70.8 Å². The van der Waals surface area contributed by atoms with Crippen molar-refractivity contribution in [3.63, 3.8) is 0 Å². The summed E-state index contributed by atoms with van der Waals surface area (Å²) < 4.78 is 72.9. The van der Waals surface area contributed by atoms with Crippen LogP contribution >= 0.6 is 15.9 Å². The molecule has 2 aromatic carbocycles. The second kappa shape index (κ2) is 10.5. The third-order valence-electron chi connectivity index (χ3n) is 3.64. The largest absolute Gasteiger partial charge is 0.416 e. The summed E-state index contributed by atoms with van der Waals surface area (Å²) in [5.41, 5.74) is -1.77. The molecule has 0 heterocycles. The van der Waals surface area contributed by atoms with Crippen molar-refractivity contribution in [2.75, 3.05) is 5.33 Å². The lowest BCUT2D eigenvalue weighted by Crippen LogP contribution is -2.15. The molecule has 0 aliphatic rings. The Morgan fingerprint density at radius 3 is 1.26 bits per heavy atom. The van der Waals surface area contributed by atoms with Gasteiger partial charge < -0.3 is 0 Å². The van der Waals surface area contributed by atoms with Gasteiger partial charge >= 0.3 is 12.4 Å². The van der Waals surface area contributed by atoms with Crippen LogP contribution in [0.25, 0.3) is 0 Å². The van der Waals surface area contributed by atoms with Crippen LogP contribution < -0.4 is 0 Å². The number of alkyl halides is 7. The molecular weight excluding hydrogens is 498 g/mol. The zero-order valence-corrected chi connectivity index (χ0v) is 17.2. The summed E-state index contributed by atoms with van der Waals surface area (Å²) >= 11 is 2.81. The van der Waals surface area contributed by atoms with E-state index in [1.54, 1.807) is 0 Å². The quantitative estimate of drug-likeness (QED) is 0.236. The number of hydrogen-bond acceptors (Lipinski definition) is 4. The average Bonchev–Trinajstić information content (AvgIpc) is 2.71. The van der Waals surface area contributed by atoms with Gasteiger partial charge in [0.25, 0.3) is 0 Å². The normalized spacial score (nSPS) is 11.2. The van der Waals surface area contributed by atoms with E-state index in [9.17, 15) is 45.5 Å². The van der Waals surface area contributed by atoms with E-state index in [1.807, 2.05) is 0 Å². The number of hydrogen-bond donors (Lipinski definition) is 0. The molecule has 0 aliphatic carbocycles. The van der Waals surface area contributed by atoms with Crippen molar-refractivity contribution in [1.29, 1.82) is 0 Å². The Morgan fingerprint density at radius 2 is 1.00 bits per heavy atom. The monoisotopic (exact) mass is 510 g/mol. The van der Waals surface area contributed by atoms with Crippen molar-refractivity contribution in [2.24, 2.45) is 0 Å². The van der Waals surface area contributed by atoms with Crippen molar-refractivity contribution in [1.82, 2.24) is 0 Å². The van der Waals surface area contributed by atoms with E-state index in [4.69, 9.17) is 0 Å². The Kier molecular flexibility index (Phi) is 8.85. The molecule has 0 saturated heterocycles. The molecule has 2 rings (SSSR count). The maximum atomic E-state index is 12.2. The van der Waals surface area contributed by atoms with Crippen molar-refractivity contribution in [3.8, 4) is 0 Å². The number of Topliss-reactive ketones (excluding diaryl/α,β-unsaturated/α-hetero) is 4. The molecule has 0 atom stereocenters. The molecular formula is C20H13BrF6O4. The zero-order chi connectivity index (χ0) is 24.0. The first-order chi connectivity index (χ1) is 14.2. The topological polar surface area (TPSA) is 68.3 Å². The molecule has 31 heavy (non-hydrogen) atoms. The standard InChI is InChI=1S/C10H6BrF3O2.C10H7F3O2/c11-5-8(15)9(16)6-1-3-7(4-2-6)10(12,13)14;1-6(14)9(15)7-2-4-8(5-3-7)10(11,12)13/h1-4H,5H2;2-5H,1H3. The van der Waals surface area contributed by atoms with Crippen LogP contribution in [0.1, 0.15) is 38.8 Å². The van der Waals surface area contributed by atoms with Crippen LogP contribution in [0.5, 0.6) is 0 Å². The first-order valence-electron chi connectivity index (χ1n) is 8.21. The maximum absolute atomic E-state index is 12.2. The fourth-order valence-corrected chi connectivity index (χ4v) is 2.30. The first-order valence-corrected chi connectivity index (χ1v) is 9.34. The molecule has 11 heteroatoms. The second-order valence-electron chi connectivity index (χ2n) is 5.92. The van der Waals surface area contributed by atoms with E-state index in [1.165, 1.54) is 0 Å². The summed E-state index contributed by atoms with van der Waals surface area (Å²) in [5, 5.41) is -0.146. The van der Waals surface area contributed by atoms with E-state index in [2.05, 4.69) is 15.9 Å². The van der Waals surface area contributed by atoms with Gasteiger partial charge in [-0.15, -0.1) is 0 Å². The number of rotatable bonds is 5. The number of carbonyl (C=O) groups is 4. The highest BCUT2D eigenvalue weighted by Gasteiger charge is 2.31. The van der Waals surface area contributed by atoms with Crippen LogP contribution in [-0.4, -0.2) is 28.5 Å². The van der Waals surface area contributed by atoms with Gasteiger partial charge in [-0.25, -0.2) is 0 Å². The smallest absolute Gasteiger partial charge is 0.291 e. The molecule has 2 aromatic rings. The molecule has 0 amide bonds. The summed E-state index contributed by atoms with van der Waals surface area (Å²) in [6, 6.07) is 7.06. The number of carbonyl (C=O) groups excluding carboxylic acids is 4. The third kappa shape index (κ3) is 7.74. The van der Waals surface area contributed by atoms with Crippen LogP contribution in [0.2, 0.25) is 0 Å². The summed E-state index contributed by atoms with van der Waals surface area (Å²) in [6.45, 7) is 1.07. The minimum atomic E-state index is -4.44. The molecule has 0 saturated carbocycles. The van der Waals surface area contributed by atoms with Crippen molar-refractivity contribution < 1.29 is 45.5 Å². The first kappa shape index (κ1) is 26.2. The molecule has 0 spiro atoms. The summed E-state index contributed by atoms with van der Waals surface area (Å²) in [4.78, 5) is 44.0. The van der Waals surface area contributed by atoms with E-state index < -0.39 is 46.6 Å². The molecule has 0 fully saturated rings. The maximum Gasteiger partial charge on any atom is 0.416 e. The van der Waals surface area contributed by atoms with Crippen LogP contribution in [0.15, 0.2) is 48.5 Å². The third-order valence-corrected chi connectivity index (χ3v) is 4.15. The molecule has 0 bridgehead atoms. The predicted octanol–water partition coefficient (Wildman–Crippen LogP) is 5.33. The molecule has 166 valence electrons. The number of halogens is 7. The minimum Gasteiger partial charge on any atom is -0.291 e. The number of benzene rings is 2. The van der Waals surface area contributed by atoms with Crippen molar-refractivity contribution in [2.45, 2.75) is 19.3 Å². The van der Waals surface area contributed by atoms with Gasteiger partial charge in [0.05, 0.1) is 16.5 Å². The minimum absolute atomic E-state index is 0.0319. The van der Waals surface area contributed by atoms with Gasteiger partial charge in [0, 0.05) is 18.1 Å². The molecule has 0 aliphatic heterocycles. The SMILES string of the molecule is CC(=O)C(=O)c1ccc(C(F)(F)F)cc1.O=C(CBr)C(=O)c1ccc(C(F)(F)F)cc1. The summed E-state index contributed by atoms with van der Waals surface area (Å²) in [5.74, 6) is -2.98. The van der Waals surface area contributed by atoms with Gasteiger partial charge in [0.15, 0.2) is 5.78 Å². The molecule has 0 radical (unpaired) electrons. The van der Waals surface area contributed by atoms with Gasteiger partial charge in [0.2, 0.25) is 17.3 Å². The van der Waals surface area contributed by atoms with Crippen LogP contribution in [0.4, 0.5) is 26.3 Å². The van der Waals surface area contributed by atoms with Crippen LogP contribution in [0, 0.1) is 0 Å². The molecule has 4 nitrogen and oxygen atoms in total. The highest BCUT2D eigenvalue weighted by Crippen LogP contribution is 2.30. The van der Waals surface area contributed by atoms with E-state index >= 15 is 0 Å². The van der Waals surface area contributed by atoms with Crippen LogP contribution in [-0.2, 0) is 21.9 Å². The molecule has 0 N–H and O–H groups in total. The Bertz CT molecular complexity index is 961. The van der Waals surface area contributed by atoms with Gasteiger partial charge in [-0.2, -0.15) is 26.3 Å². The average molecular weight is 511 g/mol. The van der Waals surface area contributed by atoms with Gasteiger partial charge in [-0.1, -0.05) is 40.2 Å². The van der Waals surface area contributed by atoms with Gasteiger partial charge in [-0.3, -0.25) is 19.2 Å². The van der Waals surface area contributed by atoms with Gasteiger partial charge in [0.1, 0.15) is 0 Å².